The van der Waals surface area contributed by atoms with Crippen molar-refractivity contribution in [2.24, 2.45) is 5.41 Å². The Morgan fingerprint density at radius 3 is 1.50 bits per heavy atom. The van der Waals surface area contributed by atoms with Gasteiger partial charge in [-0.3, -0.25) is 4.79 Å². The predicted octanol–water partition coefficient (Wildman–Crippen LogP) is 7.83. The van der Waals surface area contributed by atoms with Crippen LogP contribution in [0.5, 0.6) is 0 Å². The van der Waals surface area contributed by atoms with Gasteiger partial charge in [0.2, 0.25) is 0 Å². The summed E-state index contributed by atoms with van der Waals surface area (Å²) < 4.78 is 0.309. The highest BCUT2D eigenvalue weighted by atomic mass is 16.4. The number of carbonyl (C=O) groups is 2. The first-order valence-corrected chi connectivity index (χ1v) is 13.8. The van der Waals surface area contributed by atoms with E-state index in [-0.39, 0.29) is 0 Å². The zero-order chi connectivity index (χ0) is 26.1. The summed E-state index contributed by atoms with van der Waals surface area (Å²) in [5.74, 6) is -1.68. The highest BCUT2D eigenvalue weighted by Gasteiger charge is 2.50. The van der Waals surface area contributed by atoms with Crippen LogP contribution in [0.1, 0.15) is 130 Å². The van der Waals surface area contributed by atoms with E-state index in [1.807, 2.05) is 21.1 Å². The molecule has 0 spiro atoms. The first-order chi connectivity index (χ1) is 15.9. The van der Waals surface area contributed by atoms with Crippen LogP contribution in [0.2, 0.25) is 0 Å². The number of rotatable bonds is 22. The molecule has 200 valence electrons. The van der Waals surface area contributed by atoms with E-state index in [4.69, 9.17) is 0 Å². The Hall–Kier alpha value is -1.36. The average molecular weight is 483 g/mol. The van der Waals surface area contributed by atoms with E-state index < -0.39 is 22.9 Å². The molecule has 0 aliphatic carbocycles. The number of nitrogens with zero attached hydrogens (tertiary/aromatic N) is 1. The third kappa shape index (κ3) is 12.9. The van der Waals surface area contributed by atoms with Crippen LogP contribution in [0.25, 0.3) is 0 Å². The molecule has 0 aliphatic heterocycles. The van der Waals surface area contributed by atoms with Gasteiger partial charge in [-0.15, -0.1) is 0 Å². The van der Waals surface area contributed by atoms with Gasteiger partial charge >= 0.3 is 11.9 Å². The SMILES string of the molecule is CCCCCCCC/C=C\CCCCCCCCC(CCC(C)(C)C(=O)O)(C(=O)O)[N+](C)(C)C. The molecule has 0 radical (unpaired) electrons. The molecule has 34 heavy (non-hydrogen) atoms. The van der Waals surface area contributed by atoms with Crippen molar-refractivity contribution in [1.82, 2.24) is 0 Å². The molecule has 0 heterocycles. The second-order valence-electron chi connectivity index (χ2n) is 11.7. The van der Waals surface area contributed by atoms with E-state index in [1.54, 1.807) is 13.8 Å². The van der Waals surface area contributed by atoms with Crippen molar-refractivity contribution in [3.63, 3.8) is 0 Å². The maximum absolute atomic E-state index is 12.4. The van der Waals surface area contributed by atoms with E-state index in [0.717, 1.165) is 19.3 Å². The minimum Gasteiger partial charge on any atom is -0.481 e. The summed E-state index contributed by atoms with van der Waals surface area (Å²) in [5.41, 5.74) is -1.87. The number of carboxylic acid groups (broad SMARTS) is 2. The minimum atomic E-state index is -0.951. The molecule has 0 aliphatic rings. The zero-order valence-corrected chi connectivity index (χ0v) is 23.3. The topological polar surface area (TPSA) is 74.6 Å². The van der Waals surface area contributed by atoms with Crippen LogP contribution >= 0.6 is 0 Å². The zero-order valence-electron chi connectivity index (χ0n) is 23.3. The molecule has 1 unspecified atom stereocenters. The molecular weight excluding hydrogens is 426 g/mol. The van der Waals surface area contributed by atoms with Crippen molar-refractivity contribution in [3.8, 4) is 0 Å². The highest BCUT2D eigenvalue weighted by molar-refractivity contribution is 5.78. The van der Waals surface area contributed by atoms with Crippen LogP contribution in [0.4, 0.5) is 0 Å². The molecule has 0 amide bonds. The minimum absolute atomic E-state index is 0.309. The molecule has 0 saturated carbocycles. The van der Waals surface area contributed by atoms with E-state index in [2.05, 4.69) is 19.1 Å². The van der Waals surface area contributed by atoms with Gasteiger partial charge in [0.25, 0.3) is 0 Å². The van der Waals surface area contributed by atoms with E-state index in [1.165, 1.54) is 70.6 Å². The summed E-state index contributed by atoms with van der Waals surface area (Å²) >= 11 is 0. The number of hydrogen-bond acceptors (Lipinski definition) is 2. The van der Waals surface area contributed by atoms with Crippen LogP contribution in [-0.2, 0) is 9.59 Å². The Balaban J connectivity index is 4.21. The van der Waals surface area contributed by atoms with Gasteiger partial charge in [0, 0.05) is 12.8 Å². The fourth-order valence-electron chi connectivity index (χ4n) is 4.59. The Labute approximate surface area is 210 Å². The highest BCUT2D eigenvalue weighted by Crippen LogP contribution is 2.36. The molecule has 0 bridgehead atoms. The van der Waals surface area contributed by atoms with Crippen molar-refractivity contribution >= 4 is 11.9 Å². The smallest absolute Gasteiger partial charge is 0.365 e. The monoisotopic (exact) mass is 482 g/mol. The molecule has 1 atom stereocenters. The molecule has 0 saturated heterocycles. The standard InChI is InChI=1S/C29H55NO4/c1-7-8-9-10-11-12-13-14-15-16-17-18-19-20-21-22-23-29(27(33)34,30(4,5)6)25-24-28(2,3)26(31)32/h14-15H,7-13,16-25H2,1-6H3,(H-,31,32,33,34)/p+1/b15-14-. The third-order valence-corrected chi connectivity index (χ3v) is 7.53. The van der Waals surface area contributed by atoms with Gasteiger partial charge < -0.3 is 14.7 Å². The quantitative estimate of drug-likeness (QED) is 0.0936. The molecule has 2 N–H and O–H groups in total. The Bertz CT molecular complexity index is 591. The maximum atomic E-state index is 12.4. The third-order valence-electron chi connectivity index (χ3n) is 7.53. The molecule has 0 fully saturated rings. The fraction of sp³-hybridized carbons (Fsp3) is 0.862. The number of quaternary nitrogens is 1. The number of allylic oxidation sites excluding steroid dienone is 2. The van der Waals surface area contributed by atoms with Gasteiger partial charge in [0.1, 0.15) is 0 Å². The Morgan fingerprint density at radius 1 is 0.647 bits per heavy atom. The number of carboxylic acids is 2. The molecule has 0 aromatic heterocycles. The second-order valence-corrected chi connectivity index (χ2v) is 11.7. The van der Waals surface area contributed by atoms with E-state index >= 15 is 0 Å². The average Bonchev–Trinajstić information content (AvgIpc) is 2.74. The first-order valence-electron chi connectivity index (χ1n) is 13.8. The molecule has 0 aromatic rings. The lowest BCUT2D eigenvalue weighted by Gasteiger charge is -2.44. The van der Waals surface area contributed by atoms with Crippen molar-refractivity contribution in [3.05, 3.63) is 12.2 Å². The van der Waals surface area contributed by atoms with Gasteiger partial charge in [-0.2, -0.15) is 0 Å². The van der Waals surface area contributed by atoms with Crippen LogP contribution < -0.4 is 0 Å². The number of aliphatic carboxylic acids is 2. The normalized spacial score (nSPS) is 14.4. The molecule has 0 aromatic carbocycles. The van der Waals surface area contributed by atoms with Gasteiger partial charge in [0.15, 0.2) is 5.54 Å². The van der Waals surface area contributed by atoms with Crippen molar-refractivity contribution in [2.75, 3.05) is 21.1 Å². The number of likely N-dealkylation sites (N-methyl/N-ethyl adjacent to an activating group) is 1. The predicted molar refractivity (Wildman–Crippen MR) is 143 cm³/mol. The number of hydrogen-bond donors (Lipinski definition) is 2. The first kappa shape index (κ1) is 32.6. The van der Waals surface area contributed by atoms with Crippen molar-refractivity contribution in [1.29, 1.82) is 0 Å². The van der Waals surface area contributed by atoms with Crippen LogP contribution in [0, 0.1) is 5.41 Å². The van der Waals surface area contributed by atoms with Crippen LogP contribution in [0.15, 0.2) is 12.2 Å². The summed E-state index contributed by atoms with van der Waals surface area (Å²) in [6, 6.07) is 0. The molecule has 0 rings (SSSR count). The lowest BCUT2D eigenvalue weighted by atomic mass is 9.77. The van der Waals surface area contributed by atoms with Gasteiger partial charge in [-0.05, 0) is 52.4 Å². The van der Waals surface area contributed by atoms with E-state index in [9.17, 15) is 19.8 Å². The summed E-state index contributed by atoms with van der Waals surface area (Å²) in [6.07, 6.45) is 23.2. The Morgan fingerprint density at radius 2 is 1.09 bits per heavy atom. The molecular formula is C29H56NO4+. The van der Waals surface area contributed by atoms with Gasteiger partial charge in [0.05, 0.1) is 26.6 Å². The fourth-order valence-corrected chi connectivity index (χ4v) is 4.59. The van der Waals surface area contributed by atoms with Gasteiger partial charge in [-0.25, -0.2) is 4.79 Å². The lowest BCUT2D eigenvalue weighted by Crippen LogP contribution is -2.62. The summed E-state index contributed by atoms with van der Waals surface area (Å²) in [7, 11) is 5.76. The summed E-state index contributed by atoms with van der Waals surface area (Å²) in [4.78, 5) is 23.9. The molecule has 5 heteroatoms. The van der Waals surface area contributed by atoms with Gasteiger partial charge in [-0.1, -0.05) is 76.9 Å². The Kier molecular flexibility index (Phi) is 16.4. The second kappa shape index (κ2) is 17.1. The maximum Gasteiger partial charge on any atom is 0.365 e. The summed E-state index contributed by atoms with van der Waals surface area (Å²) in [5, 5.41) is 19.6. The van der Waals surface area contributed by atoms with Crippen LogP contribution in [0.3, 0.4) is 0 Å². The largest absolute Gasteiger partial charge is 0.481 e. The van der Waals surface area contributed by atoms with Crippen molar-refractivity contribution < 1.29 is 24.3 Å². The summed E-state index contributed by atoms with van der Waals surface area (Å²) in [6.45, 7) is 5.62. The van der Waals surface area contributed by atoms with Crippen LogP contribution in [-0.4, -0.2) is 53.3 Å². The number of unbranched alkanes of at least 4 members (excludes halogenated alkanes) is 12. The van der Waals surface area contributed by atoms with Crippen molar-refractivity contribution in [2.45, 2.75) is 135 Å². The lowest BCUT2D eigenvalue weighted by molar-refractivity contribution is -0.915. The molecule has 5 nitrogen and oxygen atoms in total. The van der Waals surface area contributed by atoms with E-state index in [0.29, 0.717) is 23.7 Å².